The summed E-state index contributed by atoms with van der Waals surface area (Å²) in [6, 6.07) is 26.7. The second kappa shape index (κ2) is 14.6. The molecule has 43 heavy (non-hydrogen) atoms. The molecular formula is C38H46N2O3. The van der Waals surface area contributed by atoms with Crippen LogP contribution in [-0.2, 0) is 15.1 Å². The lowest BCUT2D eigenvalue weighted by molar-refractivity contribution is -0.143. The summed E-state index contributed by atoms with van der Waals surface area (Å²) >= 11 is 0. The van der Waals surface area contributed by atoms with Crippen molar-refractivity contribution in [1.82, 2.24) is 4.90 Å². The Morgan fingerprint density at radius 2 is 1.30 bits per heavy atom. The number of rotatable bonds is 15. The number of amides is 2. The molecule has 0 saturated carbocycles. The molecular weight excluding hydrogens is 532 g/mol. The molecule has 3 atom stereocenters. The van der Waals surface area contributed by atoms with E-state index in [2.05, 4.69) is 12.2 Å². The average molecular weight is 579 g/mol. The molecule has 3 unspecified atom stereocenters. The fourth-order valence-electron chi connectivity index (χ4n) is 7.27. The van der Waals surface area contributed by atoms with Gasteiger partial charge in [-0.25, -0.2) is 0 Å². The predicted molar refractivity (Wildman–Crippen MR) is 173 cm³/mol. The largest absolute Gasteiger partial charge is 0.323 e. The molecule has 1 saturated heterocycles. The van der Waals surface area contributed by atoms with Gasteiger partial charge in [-0.05, 0) is 18.1 Å². The zero-order valence-corrected chi connectivity index (χ0v) is 25.6. The number of nitrogens with one attached hydrogen (secondary N) is 1. The van der Waals surface area contributed by atoms with Crippen LogP contribution in [-0.4, -0.2) is 29.0 Å². The molecule has 2 aliphatic heterocycles. The summed E-state index contributed by atoms with van der Waals surface area (Å²) in [7, 11) is 0. The molecule has 3 aromatic carbocycles. The lowest BCUT2D eigenvalue weighted by atomic mass is 9.70. The minimum atomic E-state index is -1.39. The number of likely N-dealkylation sites (tertiary alicyclic amines) is 1. The van der Waals surface area contributed by atoms with Crippen LogP contribution in [0, 0.1) is 5.92 Å². The topological polar surface area (TPSA) is 66.5 Å². The highest BCUT2D eigenvalue weighted by Gasteiger charge is 2.66. The summed E-state index contributed by atoms with van der Waals surface area (Å²) in [6.07, 6.45) is 13.7. The number of carbonyl (C=O) groups is 3. The molecule has 1 fully saturated rings. The van der Waals surface area contributed by atoms with E-state index in [0.717, 1.165) is 30.4 Å². The first-order chi connectivity index (χ1) is 21.1. The van der Waals surface area contributed by atoms with Gasteiger partial charge >= 0.3 is 0 Å². The summed E-state index contributed by atoms with van der Waals surface area (Å²) in [5.74, 6) is -1.50. The maximum absolute atomic E-state index is 14.5. The number of ketones is 1. The zero-order valence-electron chi connectivity index (χ0n) is 25.6. The molecule has 1 spiro atoms. The normalized spacial score (nSPS) is 20.8. The van der Waals surface area contributed by atoms with E-state index >= 15 is 0 Å². The molecule has 2 heterocycles. The standard InChI is InChI=1S/C38H46N2O3/c1-2-3-4-5-6-7-8-9-10-11-18-27-34(41)40-28-31(29-21-14-12-15-22-29)35(36(42)30-23-16-13-17-24-30)38(40)32-25-19-20-26-33(32)39-37(38)43/h12-17,19-26,31,35H,2-11,18,27-28H2,1H3,(H,39,43). The van der Waals surface area contributed by atoms with Crippen LogP contribution in [0.25, 0.3) is 0 Å². The number of hydrogen-bond acceptors (Lipinski definition) is 3. The summed E-state index contributed by atoms with van der Waals surface area (Å²) in [6.45, 7) is 2.58. The monoisotopic (exact) mass is 578 g/mol. The van der Waals surface area contributed by atoms with Gasteiger partial charge in [0.15, 0.2) is 11.3 Å². The Bertz CT molecular complexity index is 1370. The first kappa shape index (κ1) is 30.7. The van der Waals surface area contributed by atoms with Gasteiger partial charge in [-0.1, -0.05) is 150 Å². The molecule has 5 heteroatoms. The Kier molecular flexibility index (Phi) is 10.5. The van der Waals surface area contributed by atoms with E-state index in [9.17, 15) is 14.4 Å². The minimum absolute atomic E-state index is 0.0490. The molecule has 5 rings (SSSR count). The summed E-state index contributed by atoms with van der Waals surface area (Å²) in [5.41, 5.74) is 1.54. The van der Waals surface area contributed by atoms with Gasteiger partial charge in [-0.15, -0.1) is 0 Å². The molecule has 3 aromatic rings. The van der Waals surface area contributed by atoms with Crippen molar-refractivity contribution in [1.29, 1.82) is 0 Å². The van der Waals surface area contributed by atoms with E-state index < -0.39 is 11.5 Å². The van der Waals surface area contributed by atoms with Crippen LogP contribution in [0.1, 0.15) is 111 Å². The Balaban J connectivity index is 1.37. The highest BCUT2D eigenvalue weighted by molar-refractivity contribution is 6.13. The summed E-state index contributed by atoms with van der Waals surface area (Å²) in [4.78, 5) is 44.5. The lowest BCUT2D eigenvalue weighted by Crippen LogP contribution is -2.54. The van der Waals surface area contributed by atoms with Crippen LogP contribution in [0.2, 0.25) is 0 Å². The maximum Gasteiger partial charge on any atom is 0.255 e. The van der Waals surface area contributed by atoms with Gasteiger partial charge in [-0.3, -0.25) is 14.4 Å². The molecule has 1 N–H and O–H groups in total. The Morgan fingerprint density at radius 3 is 1.95 bits per heavy atom. The Morgan fingerprint density at radius 1 is 0.744 bits per heavy atom. The van der Waals surface area contributed by atoms with Crippen LogP contribution in [0.3, 0.4) is 0 Å². The average Bonchev–Trinajstić information content (AvgIpc) is 3.55. The van der Waals surface area contributed by atoms with Crippen molar-refractivity contribution in [3.05, 3.63) is 102 Å². The third-order valence-corrected chi connectivity index (χ3v) is 9.45. The van der Waals surface area contributed by atoms with Gasteiger partial charge in [0.2, 0.25) is 5.91 Å². The number of para-hydroxylation sites is 1. The molecule has 226 valence electrons. The molecule has 2 aliphatic rings. The van der Waals surface area contributed by atoms with Crippen molar-refractivity contribution >= 4 is 23.3 Å². The number of Topliss-reactive ketones (excluding diaryl/α,β-unsaturated/α-hetero) is 1. The molecule has 0 aromatic heterocycles. The number of fused-ring (bicyclic) bond motifs is 2. The van der Waals surface area contributed by atoms with E-state index in [1.54, 1.807) is 4.90 Å². The molecule has 2 amide bonds. The van der Waals surface area contributed by atoms with E-state index in [1.165, 1.54) is 51.4 Å². The fraction of sp³-hybridized carbons (Fsp3) is 0.447. The maximum atomic E-state index is 14.5. The van der Waals surface area contributed by atoms with Gasteiger partial charge in [0, 0.05) is 35.7 Å². The van der Waals surface area contributed by atoms with E-state index in [-0.39, 0.29) is 23.5 Å². The number of benzene rings is 3. The van der Waals surface area contributed by atoms with Gasteiger partial charge in [-0.2, -0.15) is 0 Å². The fourth-order valence-corrected chi connectivity index (χ4v) is 7.27. The smallest absolute Gasteiger partial charge is 0.255 e. The number of unbranched alkanes of at least 4 members (excludes halogenated alkanes) is 10. The van der Waals surface area contributed by atoms with Crippen molar-refractivity contribution in [3.63, 3.8) is 0 Å². The van der Waals surface area contributed by atoms with Crippen molar-refractivity contribution in [2.45, 2.75) is 95.4 Å². The summed E-state index contributed by atoms with van der Waals surface area (Å²) < 4.78 is 0. The second-order valence-corrected chi connectivity index (χ2v) is 12.3. The van der Waals surface area contributed by atoms with Crippen LogP contribution >= 0.6 is 0 Å². The molecule has 0 aliphatic carbocycles. The van der Waals surface area contributed by atoms with Crippen molar-refractivity contribution in [2.75, 3.05) is 11.9 Å². The van der Waals surface area contributed by atoms with Gasteiger partial charge in [0.1, 0.15) is 0 Å². The number of nitrogens with zero attached hydrogens (tertiary/aromatic N) is 1. The van der Waals surface area contributed by atoms with E-state index in [4.69, 9.17) is 0 Å². The number of anilines is 1. The Hall–Kier alpha value is -3.73. The van der Waals surface area contributed by atoms with Crippen LogP contribution in [0.5, 0.6) is 0 Å². The van der Waals surface area contributed by atoms with Crippen LogP contribution in [0.4, 0.5) is 5.69 Å². The summed E-state index contributed by atoms with van der Waals surface area (Å²) in [5, 5.41) is 3.05. The molecule has 0 bridgehead atoms. The van der Waals surface area contributed by atoms with E-state index in [0.29, 0.717) is 24.2 Å². The first-order valence-corrected chi connectivity index (χ1v) is 16.4. The van der Waals surface area contributed by atoms with Crippen molar-refractivity contribution < 1.29 is 14.4 Å². The highest BCUT2D eigenvalue weighted by Crippen LogP contribution is 2.56. The number of carbonyl (C=O) groups excluding carboxylic acids is 3. The predicted octanol–water partition coefficient (Wildman–Crippen LogP) is 8.66. The van der Waals surface area contributed by atoms with Gasteiger partial charge in [0.25, 0.3) is 5.91 Å². The van der Waals surface area contributed by atoms with Crippen molar-refractivity contribution in [2.24, 2.45) is 5.92 Å². The molecule has 0 radical (unpaired) electrons. The third-order valence-electron chi connectivity index (χ3n) is 9.45. The SMILES string of the molecule is CCCCCCCCCCCCCC(=O)N1CC(c2ccccc2)C(C(=O)c2ccccc2)C12C(=O)Nc1ccccc12. The van der Waals surface area contributed by atoms with Crippen molar-refractivity contribution in [3.8, 4) is 0 Å². The number of hydrogen-bond donors (Lipinski definition) is 1. The highest BCUT2D eigenvalue weighted by atomic mass is 16.2. The Labute approximate surface area is 257 Å². The minimum Gasteiger partial charge on any atom is -0.323 e. The van der Waals surface area contributed by atoms with Crippen LogP contribution in [0.15, 0.2) is 84.9 Å². The lowest BCUT2D eigenvalue weighted by Gasteiger charge is -2.37. The molecule has 5 nitrogen and oxygen atoms in total. The second-order valence-electron chi connectivity index (χ2n) is 12.3. The zero-order chi connectivity index (χ0) is 30.1. The van der Waals surface area contributed by atoms with Crippen LogP contribution < -0.4 is 5.32 Å². The quantitative estimate of drug-likeness (QED) is 0.145. The van der Waals surface area contributed by atoms with E-state index in [1.807, 2.05) is 84.9 Å². The van der Waals surface area contributed by atoms with Gasteiger partial charge in [0.05, 0.1) is 5.92 Å². The third kappa shape index (κ3) is 6.46. The van der Waals surface area contributed by atoms with Gasteiger partial charge < -0.3 is 10.2 Å². The first-order valence-electron chi connectivity index (χ1n) is 16.4.